The fourth-order valence-electron chi connectivity index (χ4n) is 4.85. The molecule has 6 atom stereocenters. The number of aliphatic hydroxyl groups is 1. The normalized spacial score (nSPS) is 25.6. The second-order valence-electron chi connectivity index (χ2n) is 10.0. The smallest absolute Gasteiger partial charge is 0.459 e. The number of aromatic nitrogens is 4. The van der Waals surface area contributed by atoms with Crippen LogP contribution in [0.3, 0.4) is 0 Å². The molecule has 0 saturated carbocycles. The number of hydrogen-bond donors (Lipinski definition) is 3. The summed E-state index contributed by atoms with van der Waals surface area (Å²) in [5.74, 6) is -0.201. The number of nitrogens with two attached hydrogens (primary N) is 1. The van der Waals surface area contributed by atoms with E-state index in [4.69, 9.17) is 33.7 Å². The van der Waals surface area contributed by atoms with Crippen molar-refractivity contribution in [3.63, 3.8) is 0 Å². The number of imidazole rings is 1. The Morgan fingerprint density at radius 1 is 1.33 bits per heavy atom. The second-order valence-corrected chi connectivity index (χ2v) is 11.7. The van der Waals surface area contributed by atoms with Crippen molar-refractivity contribution in [2.75, 3.05) is 32.7 Å². The minimum Gasteiger partial charge on any atom is -0.479 e. The first-order valence-corrected chi connectivity index (χ1v) is 15.2. The van der Waals surface area contributed by atoms with E-state index in [2.05, 4.69) is 20.0 Å². The topological polar surface area (TPSA) is 191 Å². The van der Waals surface area contributed by atoms with Gasteiger partial charge in [0.05, 0.1) is 33.3 Å². The van der Waals surface area contributed by atoms with Crippen LogP contribution in [0.2, 0.25) is 0 Å². The van der Waals surface area contributed by atoms with Gasteiger partial charge in [0.15, 0.2) is 17.4 Å². The Labute approximate surface area is 242 Å². The van der Waals surface area contributed by atoms with Gasteiger partial charge in [0.25, 0.3) is 0 Å². The van der Waals surface area contributed by atoms with Gasteiger partial charge in [0.1, 0.15) is 29.6 Å². The lowest BCUT2D eigenvalue weighted by molar-refractivity contribution is -0.225. The number of nitrogen functional groups attached to an aromatic ring is 1. The number of aliphatic hydroxyl groups excluding tert-OH is 1. The first-order chi connectivity index (χ1) is 20.2. The van der Waals surface area contributed by atoms with Crippen molar-refractivity contribution in [2.24, 2.45) is 0 Å². The van der Waals surface area contributed by atoms with Gasteiger partial charge in [-0.1, -0.05) is 31.5 Å². The number of nitrogens with one attached hydrogen (secondary N) is 1. The molecule has 0 amide bonds. The van der Waals surface area contributed by atoms with Gasteiger partial charge < -0.3 is 34.3 Å². The number of anilines is 1. The molecule has 42 heavy (non-hydrogen) atoms. The van der Waals surface area contributed by atoms with Gasteiger partial charge in [-0.05, 0) is 25.5 Å². The van der Waals surface area contributed by atoms with Gasteiger partial charge in [0.2, 0.25) is 11.8 Å². The van der Waals surface area contributed by atoms with Crippen LogP contribution in [0.1, 0.15) is 39.3 Å². The van der Waals surface area contributed by atoms with Gasteiger partial charge in [-0.25, -0.2) is 9.55 Å². The van der Waals surface area contributed by atoms with Gasteiger partial charge in [0, 0.05) is 6.42 Å². The third-order valence-electron chi connectivity index (χ3n) is 7.12. The zero-order valence-corrected chi connectivity index (χ0v) is 24.4. The number of methoxy groups -OCH3 is 1. The lowest BCUT2D eigenvalue weighted by Gasteiger charge is -2.44. The van der Waals surface area contributed by atoms with E-state index >= 15 is 0 Å². The Morgan fingerprint density at radius 3 is 2.76 bits per heavy atom. The van der Waals surface area contributed by atoms with Crippen molar-refractivity contribution in [1.82, 2.24) is 24.6 Å². The first kappa shape index (κ1) is 30.1. The largest absolute Gasteiger partial charge is 0.479 e. The van der Waals surface area contributed by atoms with Crippen LogP contribution in [0.15, 0.2) is 36.7 Å². The number of unbranched alkanes of at least 4 members (excludes halogenated alkanes) is 1. The highest BCUT2D eigenvalue weighted by Gasteiger charge is 2.62. The highest BCUT2D eigenvalue weighted by molar-refractivity contribution is 7.52. The number of carbonyl (C=O) groups excluding carboxylic acids is 1. The molecule has 1 unspecified atom stereocenters. The van der Waals surface area contributed by atoms with Crippen LogP contribution in [0.5, 0.6) is 11.6 Å². The number of ether oxygens (including phenoxy) is 4. The van der Waals surface area contributed by atoms with Crippen LogP contribution in [0, 0.1) is 0 Å². The lowest BCUT2D eigenvalue weighted by Crippen LogP contribution is -2.56. The Morgan fingerprint density at radius 2 is 2.10 bits per heavy atom. The summed E-state index contributed by atoms with van der Waals surface area (Å²) in [4.78, 5) is 25.2. The van der Waals surface area contributed by atoms with Crippen molar-refractivity contribution < 1.29 is 42.5 Å². The maximum absolute atomic E-state index is 13.9. The van der Waals surface area contributed by atoms with E-state index in [0.29, 0.717) is 30.6 Å². The summed E-state index contributed by atoms with van der Waals surface area (Å²) < 4.78 is 49.7. The van der Waals surface area contributed by atoms with Crippen molar-refractivity contribution in [1.29, 1.82) is 0 Å². The van der Waals surface area contributed by atoms with E-state index in [1.807, 2.05) is 6.92 Å². The third-order valence-corrected chi connectivity index (χ3v) is 8.76. The molecular formula is C26H35N6O9P. The molecule has 4 heterocycles. The maximum atomic E-state index is 13.9. The Hall–Kier alpha value is -3.33. The Kier molecular flexibility index (Phi) is 8.97. The van der Waals surface area contributed by atoms with Crippen LogP contribution in [0.4, 0.5) is 5.95 Å². The number of esters is 1. The van der Waals surface area contributed by atoms with Crippen LogP contribution in [0.25, 0.3) is 11.2 Å². The van der Waals surface area contributed by atoms with E-state index in [-0.39, 0.29) is 30.8 Å². The fraction of sp³-hybridized carbons (Fsp3) is 0.538. The second kappa shape index (κ2) is 12.5. The van der Waals surface area contributed by atoms with E-state index in [9.17, 15) is 14.5 Å². The quantitative estimate of drug-likeness (QED) is 0.146. The fourth-order valence-corrected chi connectivity index (χ4v) is 6.35. The SMILES string of the molecule is CCCCOC(=O)[C@H](C)NP(=O)(OC[C@H]1O[C@@H](n2cnc3c(OC)nc(N)nc32)[C@@]2(CCO2)[C@@H]1O)Oc1ccccc1. The molecule has 3 aromatic rings. The van der Waals surface area contributed by atoms with Gasteiger partial charge >= 0.3 is 13.7 Å². The summed E-state index contributed by atoms with van der Waals surface area (Å²) in [6, 6.07) is 7.36. The summed E-state index contributed by atoms with van der Waals surface area (Å²) >= 11 is 0. The zero-order chi connectivity index (χ0) is 29.9. The molecule has 16 heteroatoms. The molecule has 2 saturated heterocycles. The number of rotatable bonds is 13. The Balaban J connectivity index is 1.36. The van der Waals surface area contributed by atoms with E-state index in [1.54, 1.807) is 34.9 Å². The minimum atomic E-state index is -4.19. The number of benzene rings is 1. The van der Waals surface area contributed by atoms with Crippen LogP contribution in [-0.4, -0.2) is 81.4 Å². The lowest BCUT2D eigenvalue weighted by atomic mass is 9.86. The summed E-state index contributed by atoms with van der Waals surface area (Å²) in [7, 11) is -2.75. The molecule has 2 fully saturated rings. The maximum Gasteiger partial charge on any atom is 0.459 e. The summed E-state index contributed by atoms with van der Waals surface area (Å²) in [5, 5.41) is 14.0. The first-order valence-electron chi connectivity index (χ1n) is 13.6. The molecule has 4 N–H and O–H groups in total. The molecule has 2 aromatic heterocycles. The molecule has 0 aliphatic carbocycles. The van der Waals surface area contributed by atoms with E-state index < -0.39 is 43.8 Å². The molecular weight excluding hydrogens is 571 g/mol. The standard InChI is InChI=1S/C26H35N6O9P/c1-4-5-12-37-23(34)16(2)31-42(35,41-17-9-7-6-8-10-17)39-14-18-20(33)26(11-13-38-26)24(40-18)32-15-28-19-21(32)29-25(27)30-22(19)36-3/h6-10,15-16,18,20,24,33H,4-5,11-14H2,1-3H3,(H,31,35)(H2,27,29,30)/t16-,18+,20+,24+,26+,42?/m0/s1. The summed E-state index contributed by atoms with van der Waals surface area (Å²) in [6.07, 6.45) is 0.422. The number of fused-ring (bicyclic) bond motifs is 1. The highest BCUT2D eigenvalue weighted by Crippen LogP contribution is 2.51. The number of hydrogen-bond acceptors (Lipinski definition) is 13. The van der Waals surface area contributed by atoms with Crippen LogP contribution < -0.4 is 20.1 Å². The molecule has 1 aromatic carbocycles. The molecule has 1 spiro atoms. The minimum absolute atomic E-state index is 0.0319. The van der Waals surface area contributed by atoms with Gasteiger partial charge in [-0.15, -0.1) is 0 Å². The predicted molar refractivity (Wildman–Crippen MR) is 149 cm³/mol. The van der Waals surface area contributed by atoms with E-state index in [0.717, 1.165) is 6.42 Å². The van der Waals surface area contributed by atoms with Crippen molar-refractivity contribution in [3.8, 4) is 11.6 Å². The number of para-hydroxylation sites is 1. The highest BCUT2D eigenvalue weighted by atomic mass is 31.2. The van der Waals surface area contributed by atoms with Crippen LogP contribution in [-0.2, 0) is 28.1 Å². The summed E-state index contributed by atoms with van der Waals surface area (Å²) in [6.45, 7) is 3.74. The zero-order valence-electron chi connectivity index (χ0n) is 23.5. The van der Waals surface area contributed by atoms with Gasteiger partial charge in [-0.2, -0.15) is 15.1 Å². The molecule has 5 rings (SSSR count). The van der Waals surface area contributed by atoms with E-state index in [1.165, 1.54) is 20.4 Å². The Bertz CT molecular complexity index is 1440. The van der Waals surface area contributed by atoms with Crippen LogP contribution >= 0.6 is 7.75 Å². The number of carbonyl (C=O) groups is 1. The van der Waals surface area contributed by atoms with Gasteiger partial charge in [-0.3, -0.25) is 13.9 Å². The molecule has 2 aliphatic rings. The average molecular weight is 607 g/mol. The average Bonchev–Trinajstić information content (AvgIpc) is 3.50. The molecule has 0 bridgehead atoms. The third kappa shape index (κ3) is 5.93. The van der Waals surface area contributed by atoms with Crippen molar-refractivity contribution in [3.05, 3.63) is 36.7 Å². The monoisotopic (exact) mass is 606 g/mol. The number of nitrogens with zero attached hydrogens (tertiary/aromatic N) is 4. The molecule has 0 radical (unpaired) electrons. The summed E-state index contributed by atoms with van der Waals surface area (Å²) in [5.41, 5.74) is 5.40. The molecule has 2 aliphatic heterocycles. The molecule has 15 nitrogen and oxygen atoms in total. The van der Waals surface area contributed by atoms with Crippen molar-refractivity contribution >= 4 is 30.8 Å². The predicted octanol–water partition coefficient (Wildman–Crippen LogP) is 2.36. The molecule has 228 valence electrons. The van der Waals surface area contributed by atoms with Crippen molar-refractivity contribution in [2.45, 2.75) is 63.2 Å².